The molecule has 0 aliphatic rings. The maximum atomic E-state index is 8.92. The summed E-state index contributed by atoms with van der Waals surface area (Å²) in [4.78, 5) is 0. The number of ether oxygens (including phenoxy) is 3. The summed E-state index contributed by atoms with van der Waals surface area (Å²) in [5.74, 6) is 0.791. The fraction of sp³-hybridized carbons (Fsp3) is 0.571. The zero-order valence-corrected chi connectivity index (χ0v) is 11.1. The molecule has 102 valence electrons. The second-order valence-electron chi connectivity index (χ2n) is 3.78. The van der Waals surface area contributed by atoms with Gasteiger partial charge in [0.2, 0.25) is 0 Å². The van der Waals surface area contributed by atoms with Crippen LogP contribution in [0.25, 0.3) is 0 Å². The molecule has 0 aromatic heterocycles. The Morgan fingerprint density at radius 2 is 1.67 bits per heavy atom. The zero-order chi connectivity index (χ0) is 13.2. The molecule has 0 atom stereocenters. The Bertz CT molecular complexity index is 304. The van der Waals surface area contributed by atoms with E-state index in [-0.39, 0.29) is 12.9 Å². The maximum absolute atomic E-state index is 8.92. The first-order chi connectivity index (χ1) is 8.80. The Morgan fingerprint density at radius 3 is 2.17 bits per heavy atom. The average molecular weight is 254 g/mol. The fourth-order valence-electron chi connectivity index (χ4n) is 1.55. The van der Waals surface area contributed by atoms with Crippen LogP contribution >= 0.6 is 0 Å². The molecule has 0 amide bonds. The molecule has 0 heterocycles. The highest BCUT2D eigenvalue weighted by atomic mass is 16.7. The van der Waals surface area contributed by atoms with Crippen molar-refractivity contribution in [2.75, 3.05) is 19.8 Å². The second-order valence-corrected chi connectivity index (χ2v) is 3.78. The highest BCUT2D eigenvalue weighted by Crippen LogP contribution is 2.13. The first-order valence-corrected chi connectivity index (χ1v) is 6.36. The summed E-state index contributed by atoms with van der Waals surface area (Å²) in [6.07, 6.45) is 0.500. The van der Waals surface area contributed by atoms with Crippen LogP contribution < -0.4 is 4.74 Å². The molecule has 0 unspecified atom stereocenters. The molecule has 0 radical (unpaired) electrons. The summed E-state index contributed by atoms with van der Waals surface area (Å²) in [7, 11) is 0. The number of rotatable bonds is 9. The van der Waals surface area contributed by atoms with Crippen LogP contribution in [0.1, 0.15) is 25.8 Å². The van der Waals surface area contributed by atoms with Crippen LogP contribution in [0.2, 0.25) is 0 Å². The van der Waals surface area contributed by atoms with Gasteiger partial charge < -0.3 is 19.3 Å². The number of aliphatic hydroxyl groups is 1. The first-order valence-electron chi connectivity index (χ1n) is 6.36. The summed E-state index contributed by atoms with van der Waals surface area (Å²) in [5, 5.41) is 8.92. The predicted molar refractivity (Wildman–Crippen MR) is 69.5 cm³/mol. The van der Waals surface area contributed by atoms with Crippen molar-refractivity contribution in [2.45, 2.75) is 33.2 Å². The highest BCUT2D eigenvalue weighted by molar-refractivity contribution is 5.26. The van der Waals surface area contributed by atoms with Gasteiger partial charge in [-0.25, -0.2) is 0 Å². The molecule has 0 fully saturated rings. The van der Waals surface area contributed by atoms with E-state index in [4.69, 9.17) is 19.3 Å². The summed E-state index contributed by atoms with van der Waals surface area (Å²) in [5.41, 5.74) is 0.879. The number of hydrogen-bond donors (Lipinski definition) is 1. The van der Waals surface area contributed by atoms with Gasteiger partial charge in [0.1, 0.15) is 5.75 Å². The van der Waals surface area contributed by atoms with Crippen LogP contribution in [0.3, 0.4) is 0 Å². The van der Waals surface area contributed by atoms with Gasteiger partial charge in [0, 0.05) is 19.6 Å². The normalized spacial score (nSPS) is 10.9. The smallest absolute Gasteiger partial charge is 0.160 e. The number of aliphatic hydroxyl groups excluding tert-OH is 1. The molecule has 4 nitrogen and oxygen atoms in total. The molecule has 4 heteroatoms. The molecule has 1 N–H and O–H groups in total. The van der Waals surface area contributed by atoms with E-state index in [1.54, 1.807) is 0 Å². The van der Waals surface area contributed by atoms with Crippen molar-refractivity contribution in [3.63, 3.8) is 0 Å². The van der Waals surface area contributed by atoms with Crippen LogP contribution in [-0.2, 0) is 16.1 Å². The van der Waals surface area contributed by atoms with Crippen LogP contribution in [0, 0.1) is 0 Å². The molecule has 1 rings (SSSR count). The van der Waals surface area contributed by atoms with E-state index in [1.165, 1.54) is 0 Å². The Morgan fingerprint density at radius 1 is 1.06 bits per heavy atom. The van der Waals surface area contributed by atoms with E-state index >= 15 is 0 Å². The molecule has 1 aromatic carbocycles. The van der Waals surface area contributed by atoms with E-state index in [0.717, 1.165) is 11.3 Å². The van der Waals surface area contributed by atoms with Gasteiger partial charge in [-0.1, -0.05) is 12.1 Å². The van der Waals surface area contributed by atoms with Gasteiger partial charge >= 0.3 is 0 Å². The summed E-state index contributed by atoms with van der Waals surface area (Å²) in [6.45, 7) is 5.76. The van der Waals surface area contributed by atoms with Gasteiger partial charge in [-0.2, -0.15) is 0 Å². The van der Waals surface area contributed by atoms with Gasteiger partial charge in [0.25, 0.3) is 0 Å². The van der Waals surface area contributed by atoms with Crippen LogP contribution in [0.4, 0.5) is 0 Å². The Balaban J connectivity index is 2.30. The highest BCUT2D eigenvalue weighted by Gasteiger charge is 2.07. The largest absolute Gasteiger partial charge is 0.493 e. The van der Waals surface area contributed by atoms with Crippen LogP contribution in [0.15, 0.2) is 24.3 Å². The van der Waals surface area contributed by atoms with Gasteiger partial charge in [0.05, 0.1) is 13.2 Å². The monoisotopic (exact) mass is 254 g/mol. The second kappa shape index (κ2) is 8.91. The quantitative estimate of drug-likeness (QED) is 0.687. The minimum absolute atomic E-state index is 0.0526. The molecule has 0 spiro atoms. The molecular formula is C14H22O4. The van der Waals surface area contributed by atoms with Gasteiger partial charge in [-0.3, -0.25) is 0 Å². The van der Waals surface area contributed by atoms with Crippen LogP contribution in [-0.4, -0.2) is 31.2 Å². The standard InChI is InChI=1S/C14H22O4/c1-3-16-14(17-4-2)9-10-18-13-7-5-12(11-15)6-8-13/h5-8,14-15H,3-4,9-11H2,1-2H3. The summed E-state index contributed by atoms with van der Waals surface area (Å²) >= 11 is 0. The lowest BCUT2D eigenvalue weighted by molar-refractivity contribution is -0.142. The summed E-state index contributed by atoms with van der Waals surface area (Å²) in [6, 6.07) is 7.39. The van der Waals surface area contributed by atoms with Gasteiger partial charge in [-0.05, 0) is 31.5 Å². The van der Waals surface area contributed by atoms with E-state index in [1.807, 2.05) is 38.1 Å². The minimum atomic E-state index is -0.197. The molecule has 0 saturated heterocycles. The average Bonchev–Trinajstić information content (AvgIpc) is 2.40. The lowest BCUT2D eigenvalue weighted by atomic mass is 10.2. The van der Waals surface area contributed by atoms with Gasteiger partial charge in [-0.15, -0.1) is 0 Å². The number of benzene rings is 1. The predicted octanol–water partition coefficient (Wildman–Crippen LogP) is 2.35. The zero-order valence-electron chi connectivity index (χ0n) is 11.1. The van der Waals surface area contributed by atoms with E-state index in [2.05, 4.69) is 0 Å². The van der Waals surface area contributed by atoms with E-state index in [9.17, 15) is 0 Å². The van der Waals surface area contributed by atoms with Crippen LogP contribution in [0.5, 0.6) is 5.75 Å². The third kappa shape index (κ3) is 5.49. The van der Waals surface area contributed by atoms with Crippen molar-refractivity contribution in [1.82, 2.24) is 0 Å². The number of hydrogen-bond acceptors (Lipinski definition) is 4. The van der Waals surface area contributed by atoms with Crippen molar-refractivity contribution < 1.29 is 19.3 Å². The topological polar surface area (TPSA) is 47.9 Å². The molecule has 1 aromatic rings. The van der Waals surface area contributed by atoms with Crippen molar-refractivity contribution in [2.24, 2.45) is 0 Å². The van der Waals surface area contributed by atoms with E-state index in [0.29, 0.717) is 26.2 Å². The molecule has 0 aliphatic carbocycles. The molecular weight excluding hydrogens is 232 g/mol. The minimum Gasteiger partial charge on any atom is -0.493 e. The van der Waals surface area contributed by atoms with Crippen molar-refractivity contribution in [3.8, 4) is 5.75 Å². The Hall–Kier alpha value is -1.10. The third-order valence-corrected chi connectivity index (χ3v) is 2.43. The Kier molecular flexibility index (Phi) is 7.41. The maximum Gasteiger partial charge on any atom is 0.160 e. The van der Waals surface area contributed by atoms with Crippen molar-refractivity contribution in [1.29, 1.82) is 0 Å². The first kappa shape index (κ1) is 15.0. The summed E-state index contributed by atoms with van der Waals surface area (Å²) < 4.78 is 16.4. The molecule has 0 saturated carbocycles. The lowest BCUT2D eigenvalue weighted by Crippen LogP contribution is -2.20. The SMILES string of the molecule is CCOC(CCOc1ccc(CO)cc1)OCC. The van der Waals surface area contributed by atoms with Crippen molar-refractivity contribution in [3.05, 3.63) is 29.8 Å². The Labute approximate surface area is 108 Å². The van der Waals surface area contributed by atoms with Gasteiger partial charge in [0.15, 0.2) is 6.29 Å². The third-order valence-electron chi connectivity index (χ3n) is 2.43. The lowest BCUT2D eigenvalue weighted by Gasteiger charge is -2.17. The van der Waals surface area contributed by atoms with Crippen molar-refractivity contribution >= 4 is 0 Å². The molecule has 0 aliphatic heterocycles. The van der Waals surface area contributed by atoms with E-state index < -0.39 is 0 Å². The molecule has 0 bridgehead atoms. The molecule has 18 heavy (non-hydrogen) atoms. The fourth-order valence-corrected chi connectivity index (χ4v) is 1.55.